The third-order valence-electron chi connectivity index (χ3n) is 5.04. The second kappa shape index (κ2) is 8.84. The lowest BCUT2D eigenvalue weighted by molar-refractivity contribution is -0.154. The highest BCUT2D eigenvalue weighted by molar-refractivity contribution is 6.31. The van der Waals surface area contributed by atoms with Crippen molar-refractivity contribution < 1.29 is 14.3 Å². The van der Waals surface area contributed by atoms with E-state index >= 15 is 0 Å². The molecule has 3 rings (SSSR count). The molecule has 0 unspecified atom stereocenters. The van der Waals surface area contributed by atoms with Crippen LogP contribution < -0.4 is 5.32 Å². The number of nitrogens with one attached hydrogen (secondary N) is 1. The molecule has 7 heteroatoms. The number of hydrogen-bond acceptors (Lipinski definition) is 4. The SMILES string of the molecule is CN(CCCN1CCCC1)C(=O)[C@H]1OCC(=O)N[C@@H]1c1ccccc1Cl. The zero-order valence-electron chi connectivity index (χ0n) is 15.1. The Morgan fingerprint density at radius 2 is 2.08 bits per heavy atom. The first kappa shape index (κ1) is 19.1. The fraction of sp³-hybridized carbons (Fsp3) is 0.579. The van der Waals surface area contributed by atoms with Crippen LogP contribution in [-0.4, -0.2) is 67.6 Å². The number of morpholine rings is 1. The molecule has 1 aromatic carbocycles. The maximum atomic E-state index is 12.9. The average Bonchev–Trinajstić information content (AvgIpc) is 3.15. The first-order chi connectivity index (χ1) is 12.6. The van der Waals surface area contributed by atoms with Crippen LogP contribution in [0.3, 0.4) is 0 Å². The van der Waals surface area contributed by atoms with E-state index in [-0.39, 0.29) is 18.4 Å². The Bertz CT molecular complexity index is 649. The molecule has 2 fully saturated rings. The first-order valence-electron chi connectivity index (χ1n) is 9.19. The predicted octanol–water partition coefficient (Wildman–Crippen LogP) is 1.84. The summed E-state index contributed by atoms with van der Waals surface area (Å²) in [6, 6.07) is 6.65. The van der Waals surface area contributed by atoms with Gasteiger partial charge in [0.25, 0.3) is 5.91 Å². The van der Waals surface area contributed by atoms with E-state index in [0.29, 0.717) is 17.1 Å². The van der Waals surface area contributed by atoms with Crippen molar-refractivity contribution in [1.29, 1.82) is 0 Å². The maximum absolute atomic E-state index is 12.9. The second-order valence-corrected chi connectivity index (χ2v) is 7.37. The van der Waals surface area contributed by atoms with Crippen molar-refractivity contribution in [2.75, 3.05) is 39.8 Å². The first-order valence-corrected chi connectivity index (χ1v) is 9.57. The molecule has 2 atom stereocenters. The van der Waals surface area contributed by atoms with Crippen LogP contribution in [0.2, 0.25) is 5.02 Å². The second-order valence-electron chi connectivity index (χ2n) is 6.96. The molecule has 0 radical (unpaired) electrons. The zero-order chi connectivity index (χ0) is 18.5. The molecule has 2 saturated heterocycles. The Balaban J connectivity index is 1.63. The quantitative estimate of drug-likeness (QED) is 0.819. The van der Waals surface area contributed by atoms with Crippen molar-refractivity contribution in [3.63, 3.8) is 0 Å². The van der Waals surface area contributed by atoms with E-state index < -0.39 is 12.1 Å². The Labute approximate surface area is 159 Å². The van der Waals surface area contributed by atoms with Gasteiger partial charge in [0, 0.05) is 18.6 Å². The van der Waals surface area contributed by atoms with Gasteiger partial charge in [0.15, 0.2) is 6.10 Å². The highest BCUT2D eigenvalue weighted by atomic mass is 35.5. The molecule has 0 spiro atoms. The van der Waals surface area contributed by atoms with E-state index in [0.717, 1.165) is 26.1 Å². The monoisotopic (exact) mass is 379 g/mol. The van der Waals surface area contributed by atoms with E-state index in [1.165, 1.54) is 12.8 Å². The molecule has 6 nitrogen and oxygen atoms in total. The van der Waals surface area contributed by atoms with Crippen LogP contribution in [0, 0.1) is 0 Å². The van der Waals surface area contributed by atoms with Crippen molar-refractivity contribution in [2.24, 2.45) is 0 Å². The number of benzene rings is 1. The highest BCUT2D eigenvalue weighted by Gasteiger charge is 2.38. The standard InChI is InChI=1S/C19H26ClN3O3/c1-22(9-6-12-23-10-4-5-11-23)19(25)18-17(21-16(24)13-26-18)14-7-2-3-8-15(14)20/h2-3,7-8,17-18H,4-6,9-13H2,1H3,(H,21,24)/t17-,18+/m1/s1. The van der Waals surface area contributed by atoms with Gasteiger partial charge in [-0.2, -0.15) is 0 Å². The van der Waals surface area contributed by atoms with E-state index in [9.17, 15) is 9.59 Å². The fourth-order valence-electron chi connectivity index (χ4n) is 3.60. The maximum Gasteiger partial charge on any atom is 0.253 e. The average molecular weight is 380 g/mol. The number of hydrogen-bond donors (Lipinski definition) is 1. The summed E-state index contributed by atoms with van der Waals surface area (Å²) in [6.45, 7) is 3.87. The summed E-state index contributed by atoms with van der Waals surface area (Å²) in [4.78, 5) is 28.9. The Morgan fingerprint density at radius 3 is 2.81 bits per heavy atom. The summed E-state index contributed by atoms with van der Waals surface area (Å²) in [6.07, 6.45) is 2.70. The van der Waals surface area contributed by atoms with Gasteiger partial charge in [0.2, 0.25) is 5.91 Å². The van der Waals surface area contributed by atoms with E-state index in [2.05, 4.69) is 10.2 Å². The number of likely N-dealkylation sites (N-methyl/N-ethyl adjacent to an activating group) is 1. The summed E-state index contributed by atoms with van der Waals surface area (Å²) in [7, 11) is 1.79. The Hall–Kier alpha value is -1.63. The number of carbonyl (C=O) groups is 2. The van der Waals surface area contributed by atoms with Crippen LogP contribution in [0.25, 0.3) is 0 Å². The van der Waals surface area contributed by atoms with Crippen molar-refractivity contribution >= 4 is 23.4 Å². The minimum absolute atomic E-state index is 0.112. The summed E-state index contributed by atoms with van der Waals surface area (Å²) < 4.78 is 5.60. The molecule has 2 heterocycles. The molecule has 0 bridgehead atoms. The lowest BCUT2D eigenvalue weighted by Crippen LogP contribution is -2.53. The van der Waals surface area contributed by atoms with E-state index in [1.54, 1.807) is 18.0 Å². The minimum atomic E-state index is -0.760. The van der Waals surface area contributed by atoms with Gasteiger partial charge in [-0.1, -0.05) is 29.8 Å². The van der Waals surface area contributed by atoms with E-state index in [1.807, 2.05) is 18.2 Å². The molecule has 2 amide bonds. The lowest BCUT2D eigenvalue weighted by atomic mass is 9.98. The third-order valence-corrected chi connectivity index (χ3v) is 5.38. The van der Waals surface area contributed by atoms with Gasteiger partial charge < -0.3 is 19.9 Å². The van der Waals surface area contributed by atoms with Gasteiger partial charge >= 0.3 is 0 Å². The highest BCUT2D eigenvalue weighted by Crippen LogP contribution is 2.29. The van der Waals surface area contributed by atoms with Gasteiger partial charge in [-0.05, 0) is 50.5 Å². The number of nitrogens with zero attached hydrogens (tertiary/aromatic N) is 2. The summed E-state index contributed by atoms with van der Waals surface area (Å²) in [5.74, 6) is -0.369. The number of likely N-dealkylation sites (tertiary alicyclic amines) is 1. The smallest absolute Gasteiger partial charge is 0.253 e. The fourth-order valence-corrected chi connectivity index (χ4v) is 3.85. The van der Waals surface area contributed by atoms with Crippen LogP contribution in [-0.2, 0) is 14.3 Å². The van der Waals surface area contributed by atoms with Gasteiger partial charge in [0.05, 0.1) is 6.04 Å². The number of amides is 2. The molecule has 0 aromatic heterocycles. The Morgan fingerprint density at radius 1 is 1.35 bits per heavy atom. The van der Waals surface area contributed by atoms with Gasteiger partial charge in [-0.3, -0.25) is 9.59 Å². The number of ether oxygens (including phenoxy) is 1. The molecule has 0 aliphatic carbocycles. The number of carbonyl (C=O) groups excluding carboxylic acids is 2. The topological polar surface area (TPSA) is 61.9 Å². The van der Waals surface area contributed by atoms with Gasteiger partial charge in [-0.25, -0.2) is 0 Å². The Kier molecular flexibility index (Phi) is 6.51. The van der Waals surface area contributed by atoms with Crippen molar-refractivity contribution in [2.45, 2.75) is 31.4 Å². The molecule has 1 aromatic rings. The van der Waals surface area contributed by atoms with E-state index in [4.69, 9.17) is 16.3 Å². The molecule has 142 valence electrons. The van der Waals surface area contributed by atoms with Crippen LogP contribution in [0.1, 0.15) is 30.9 Å². The molecule has 2 aliphatic heterocycles. The largest absolute Gasteiger partial charge is 0.356 e. The number of halogens is 1. The molecule has 1 N–H and O–H groups in total. The molecule has 0 saturated carbocycles. The van der Waals surface area contributed by atoms with Crippen LogP contribution >= 0.6 is 11.6 Å². The predicted molar refractivity (Wildman–Crippen MR) is 100 cm³/mol. The summed E-state index contributed by atoms with van der Waals surface area (Å²) in [5, 5.41) is 3.37. The molecule has 2 aliphatic rings. The van der Waals surface area contributed by atoms with Crippen molar-refractivity contribution in [1.82, 2.24) is 15.1 Å². The van der Waals surface area contributed by atoms with Crippen LogP contribution in [0.4, 0.5) is 0 Å². The normalized spacial score (nSPS) is 23.7. The lowest BCUT2D eigenvalue weighted by Gasteiger charge is -2.34. The van der Waals surface area contributed by atoms with Crippen LogP contribution in [0.5, 0.6) is 0 Å². The van der Waals surface area contributed by atoms with Crippen LogP contribution in [0.15, 0.2) is 24.3 Å². The zero-order valence-corrected chi connectivity index (χ0v) is 15.9. The molecular weight excluding hydrogens is 354 g/mol. The van der Waals surface area contributed by atoms with Crippen molar-refractivity contribution in [3.05, 3.63) is 34.9 Å². The summed E-state index contributed by atoms with van der Waals surface area (Å²) >= 11 is 6.27. The van der Waals surface area contributed by atoms with Crippen molar-refractivity contribution in [3.8, 4) is 0 Å². The molecule has 26 heavy (non-hydrogen) atoms. The number of rotatable bonds is 6. The molecular formula is C19H26ClN3O3. The van der Waals surface area contributed by atoms with Gasteiger partial charge in [-0.15, -0.1) is 0 Å². The third kappa shape index (κ3) is 4.55. The summed E-state index contributed by atoms with van der Waals surface area (Å²) in [5.41, 5.74) is 0.700. The van der Waals surface area contributed by atoms with Gasteiger partial charge in [0.1, 0.15) is 6.61 Å². The minimum Gasteiger partial charge on any atom is -0.356 e.